The second-order valence-corrected chi connectivity index (χ2v) is 4.57. The molecule has 1 fully saturated rings. The normalized spacial score (nSPS) is 16.4. The lowest BCUT2D eigenvalue weighted by atomic mass is 10.1. The smallest absolute Gasteiger partial charge is 0.338 e. The lowest BCUT2D eigenvalue weighted by Gasteiger charge is -2.14. The molecule has 1 aliphatic rings. The van der Waals surface area contributed by atoms with Crippen LogP contribution in [-0.4, -0.2) is 18.6 Å². The van der Waals surface area contributed by atoms with Gasteiger partial charge in [-0.25, -0.2) is 4.79 Å². The zero-order chi connectivity index (χ0) is 12.3. The van der Waals surface area contributed by atoms with E-state index in [9.17, 15) is 4.79 Å². The number of nitrogens with one attached hydrogen (secondary N) is 1. The average molecular weight is 233 g/mol. The van der Waals surface area contributed by atoms with Crippen molar-refractivity contribution in [1.82, 2.24) is 0 Å². The van der Waals surface area contributed by atoms with Gasteiger partial charge in [-0.15, -0.1) is 0 Å². The van der Waals surface area contributed by atoms with E-state index in [-0.39, 0.29) is 5.97 Å². The SMILES string of the molecule is CCOC(=O)c1cccc(NC(C)C2CC2)c1. The molecule has 1 aliphatic carbocycles. The fraction of sp³-hybridized carbons (Fsp3) is 0.500. The number of ether oxygens (including phenoxy) is 1. The molecule has 92 valence electrons. The molecular weight excluding hydrogens is 214 g/mol. The van der Waals surface area contributed by atoms with E-state index >= 15 is 0 Å². The first-order valence-corrected chi connectivity index (χ1v) is 6.24. The van der Waals surface area contributed by atoms with E-state index < -0.39 is 0 Å². The summed E-state index contributed by atoms with van der Waals surface area (Å²) in [5.74, 6) is 0.538. The summed E-state index contributed by atoms with van der Waals surface area (Å²) in [4.78, 5) is 11.6. The van der Waals surface area contributed by atoms with E-state index in [1.165, 1.54) is 12.8 Å². The average Bonchev–Trinajstić information content (AvgIpc) is 3.13. The van der Waals surface area contributed by atoms with Gasteiger partial charge in [0.05, 0.1) is 12.2 Å². The molecule has 1 N–H and O–H groups in total. The lowest BCUT2D eigenvalue weighted by Crippen LogP contribution is -2.17. The number of carbonyl (C=O) groups excluding carboxylic acids is 1. The van der Waals surface area contributed by atoms with Gasteiger partial charge in [-0.05, 0) is 50.8 Å². The topological polar surface area (TPSA) is 38.3 Å². The highest BCUT2D eigenvalue weighted by Gasteiger charge is 2.27. The molecule has 17 heavy (non-hydrogen) atoms. The maximum absolute atomic E-state index is 11.6. The zero-order valence-electron chi connectivity index (χ0n) is 10.4. The molecule has 1 unspecified atom stereocenters. The predicted molar refractivity (Wildman–Crippen MR) is 68.2 cm³/mol. The van der Waals surface area contributed by atoms with Gasteiger partial charge in [0.2, 0.25) is 0 Å². The third-order valence-electron chi connectivity index (χ3n) is 3.10. The molecule has 0 amide bonds. The van der Waals surface area contributed by atoms with Crippen LogP contribution in [0.25, 0.3) is 0 Å². The van der Waals surface area contributed by atoms with E-state index in [0.29, 0.717) is 18.2 Å². The fourth-order valence-electron chi connectivity index (χ4n) is 1.93. The van der Waals surface area contributed by atoms with Crippen LogP contribution >= 0.6 is 0 Å². The second kappa shape index (κ2) is 5.21. The Morgan fingerprint density at radius 3 is 2.94 bits per heavy atom. The Hall–Kier alpha value is -1.51. The van der Waals surface area contributed by atoms with Gasteiger partial charge in [-0.3, -0.25) is 0 Å². The van der Waals surface area contributed by atoms with Crippen molar-refractivity contribution in [2.45, 2.75) is 32.7 Å². The van der Waals surface area contributed by atoms with Gasteiger partial charge in [-0.1, -0.05) is 6.07 Å². The van der Waals surface area contributed by atoms with Crippen molar-refractivity contribution in [2.75, 3.05) is 11.9 Å². The van der Waals surface area contributed by atoms with Crippen molar-refractivity contribution in [3.63, 3.8) is 0 Å². The molecule has 3 nitrogen and oxygen atoms in total. The van der Waals surface area contributed by atoms with Crippen LogP contribution < -0.4 is 5.32 Å². The highest BCUT2D eigenvalue weighted by Crippen LogP contribution is 2.34. The van der Waals surface area contributed by atoms with Gasteiger partial charge >= 0.3 is 5.97 Å². The highest BCUT2D eigenvalue weighted by molar-refractivity contribution is 5.90. The van der Waals surface area contributed by atoms with E-state index in [0.717, 1.165) is 11.6 Å². The van der Waals surface area contributed by atoms with Gasteiger partial charge in [0, 0.05) is 11.7 Å². The maximum atomic E-state index is 11.6. The number of esters is 1. The van der Waals surface area contributed by atoms with Gasteiger partial charge in [0.25, 0.3) is 0 Å². The minimum atomic E-state index is -0.254. The second-order valence-electron chi connectivity index (χ2n) is 4.57. The van der Waals surface area contributed by atoms with Crippen LogP contribution in [0.4, 0.5) is 5.69 Å². The Balaban J connectivity index is 2.02. The molecule has 0 spiro atoms. The fourth-order valence-corrected chi connectivity index (χ4v) is 1.93. The first-order chi connectivity index (χ1) is 8.20. The maximum Gasteiger partial charge on any atom is 0.338 e. The van der Waals surface area contributed by atoms with Crippen molar-refractivity contribution >= 4 is 11.7 Å². The Labute approximate surface area is 102 Å². The van der Waals surface area contributed by atoms with E-state index in [4.69, 9.17) is 4.74 Å². The van der Waals surface area contributed by atoms with Crippen LogP contribution in [0.15, 0.2) is 24.3 Å². The van der Waals surface area contributed by atoms with Crippen LogP contribution in [0.5, 0.6) is 0 Å². The summed E-state index contributed by atoms with van der Waals surface area (Å²) in [6.45, 7) is 4.42. The Bertz CT molecular complexity index is 399. The summed E-state index contributed by atoms with van der Waals surface area (Å²) in [5.41, 5.74) is 1.61. The summed E-state index contributed by atoms with van der Waals surface area (Å²) in [5, 5.41) is 3.43. The Morgan fingerprint density at radius 1 is 1.53 bits per heavy atom. The molecule has 0 aromatic heterocycles. The van der Waals surface area contributed by atoms with Crippen molar-refractivity contribution in [2.24, 2.45) is 5.92 Å². The molecule has 1 atom stereocenters. The number of rotatable bonds is 5. The molecule has 0 radical (unpaired) electrons. The number of hydrogen-bond donors (Lipinski definition) is 1. The molecule has 0 bridgehead atoms. The summed E-state index contributed by atoms with van der Waals surface area (Å²) in [6.07, 6.45) is 2.62. The van der Waals surface area contributed by atoms with Crippen LogP contribution in [0.2, 0.25) is 0 Å². The highest BCUT2D eigenvalue weighted by atomic mass is 16.5. The quantitative estimate of drug-likeness (QED) is 0.794. The first kappa shape index (κ1) is 12.0. The predicted octanol–water partition coefficient (Wildman–Crippen LogP) is 3.07. The van der Waals surface area contributed by atoms with E-state index in [2.05, 4.69) is 12.2 Å². The molecule has 1 saturated carbocycles. The van der Waals surface area contributed by atoms with Crippen molar-refractivity contribution in [3.8, 4) is 0 Å². The minimum absolute atomic E-state index is 0.254. The Morgan fingerprint density at radius 2 is 2.29 bits per heavy atom. The third kappa shape index (κ3) is 3.22. The molecule has 0 heterocycles. The van der Waals surface area contributed by atoms with E-state index in [1.807, 2.05) is 25.1 Å². The third-order valence-corrected chi connectivity index (χ3v) is 3.10. The molecular formula is C14H19NO2. The number of anilines is 1. The van der Waals surface area contributed by atoms with Crippen molar-refractivity contribution in [1.29, 1.82) is 0 Å². The van der Waals surface area contributed by atoms with Crippen LogP contribution in [0, 0.1) is 5.92 Å². The minimum Gasteiger partial charge on any atom is -0.462 e. The number of benzene rings is 1. The summed E-state index contributed by atoms with van der Waals surface area (Å²) in [7, 11) is 0. The summed E-state index contributed by atoms with van der Waals surface area (Å²) < 4.78 is 4.98. The lowest BCUT2D eigenvalue weighted by molar-refractivity contribution is 0.0526. The molecule has 0 saturated heterocycles. The number of carbonyl (C=O) groups is 1. The standard InChI is InChI=1S/C14H19NO2/c1-3-17-14(16)12-5-4-6-13(9-12)15-10(2)11-7-8-11/h4-6,9-11,15H,3,7-8H2,1-2H3. The molecule has 1 aromatic rings. The van der Waals surface area contributed by atoms with Crippen molar-refractivity contribution in [3.05, 3.63) is 29.8 Å². The van der Waals surface area contributed by atoms with Crippen LogP contribution in [-0.2, 0) is 4.74 Å². The molecule has 0 aliphatic heterocycles. The Kier molecular flexibility index (Phi) is 3.67. The van der Waals surface area contributed by atoms with Gasteiger partial charge in [0.1, 0.15) is 0 Å². The number of hydrogen-bond acceptors (Lipinski definition) is 3. The molecule has 3 heteroatoms. The van der Waals surface area contributed by atoms with Crippen LogP contribution in [0.3, 0.4) is 0 Å². The van der Waals surface area contributed by atoms with Gasteiger partial charge in [0.15, 0.2) is 0 Å². The monoisotopic (exact) mass is 233 g/mol. The summed E-state index contributed by atoms with van der Waals surface area (Å²) in [6, 6.07) is 7.99. The molecule has 2 rings (SSSR count). The largest absolute Gasteiger partial charge is 0.462 e. The first-order valence-electron chi connectivity index (χ1n) is 6.24. The van der Waals surface area contributed by atoms with Gasteiger partial charge in [-0.2, -0.15) is 0 Å². The molecule has 1 aromatic carbocycles. The van der Waals surface area contributed by atoms with Crippen LogP contribution in [0.1, 0.15) is 37.0 Å². The van der Waals surface area contributed by atoms with E-state index in [1.54, 1.807) is 6.07 Å². The zero-order valence-corrected chi connectivity index (χ0v) is 10.4. The van der Waals surface area contributed by atoms with Gasteiger partial charge < -0.3 is 10.1 Å². The van der Waals surface area contributed by atoms with Crippen molar-refractivity contribution < 1.29 is 9.53 Å². The summed E-state index contributed by atoms with van der Waals surface area (Å²) >= 11 is 0.